The molecule has 4 aliphatic rings. The number of aldehydes is 1. The second-order valence-electron chi connectivity index (χ2n) is 9.68. The van der Waals surface area contributed by atoms with Gasteiger partial charge in [0.25, 0.3) is 0 Å². The molecule has 4 aliphatic carbocycles. The third-order valence-corrected chi connectivity index (χ3v) is 8.77. The lowest BCUT2D eigenvalue weighted by Crippen LogP contribution is -2.56. The highest BCUT2D eigenvalue weighted by atomic mass is 16.4. The lowest BCUT2D eigenvalue weighted by atomic mass is 9.41. The van der Waals surface area contributed by atoms with E-state index in [0.29, 0.717) is 17.8 Å². The summed E-state index contributed by atoms with van der Waals surface area (Å²) in [5, 5.41) is 9.62. The van der Waals surface area contributed by atoms with Crippen LogP contribution in [0, 0.1) is 39.9 Å². The molecular weight excluding hydrogens is 288 g/mol. The molecule has 4 rings (SSSR count). The molecule has 2 bridgehead atoms. The molecule has 0 aromatic carbocycles. The SMILES string of the molecule is C[C@]12CCC[C@](C)(C=O)[C@@H]1CC[C@]13C[C@H](CC[C@@H]12)[C@H](C(=O)O)C3. The van der Waals surface area contributed by atoms with Crippen LogP contribution in [0.2, 0.25) is 0 Å². The molecule has 0 aromatic heterocycles. The van der Waals surface area contributed by atoms with E-state index in [1.165, 1.54) is 19.1 Å². The number of rotatable bonds is 2. The summed E-state index contributed by atoms with van der Waals surface area (Å²) in [5.41, 5.74) is 0.346. The monoisotopic (exact) mass is 318 g/mol. The second-order valence-corrected chi connectivity index (χ2v) is 9.68. The molecule has 7 atom stereocenters. The van der Waals surface area contributed by atoms with E-state index in [9.17, 15) is 14.7 Å². The van der Waals surface area contributed by atoms with Crippen molar-refractivity contribution in [3.05, 3.63) is 0 Å². The molecule has 128 valence electrons. The van der Waals surface area contributed by atoms with Gasteiger partial charge < -0.3 is 9.90 Å². The Balaban J connectivity index is 1.71. The van der Waals surface area contributed by atoms with Crippen molar-refractivity contribution in [3.8, 4) is 0 Å². The van der Waals surface area contributed by atoms with Gasteiger partial charge in [-0.25, -0.2) is 0 Å². The Labute approximate surface area is 139 Å². The van der Waals surface area contributed by atoms with Gasteiger partial charge in [-0.15, -0.1) is 0 Å². The molecule has 4 fully saturated rings. The van der Waals surface area contributed by atoms with Crippen LogP contribution in [0.4, 0.5) is 0 Å². The maximum atomic E-state index is 11.9. The zero-order chi connectivity index (χ0) is 16.5. The van der Waals surface area contributed by atoms with Crippen molar-refractivity contribution in [2.45, 2.75) is 71.6 Å². The highest BCUT2D eigenvalue weighted by Crippen LogP contribution is 2.72. The number of aliphatic carboxylic acids is 1. The number of carboxylic acids is 1. The molecule has 0 aliphatic heterocycles. The molecule has 0 amide bonds. The van der Waals surface area contributed by atoms with Crippen LogP contribution in [0.5, 0.6) is 0 Å². The average molecular weight is 318 g/mol. The van der Waals surface area contributed by atoms with Gasteiger partial charge >= 0.3 is 5.97 Å². The Bertz CT molecular complexity index is 543. The Kier molecular flexibility index (Phi) is 3.29. The third-order valence-electron chi connectivity index (χ3n) is 8.77. The van der Waals surface area contributed by atoms with E-state index in [0.717, 1.165) is 44.9 Å². The van der Waals surface area contributed by atoms with Crippen molar-refractivity contribution in [3.63, 3.8) is 0 Å². The van der Waals surface area contributed by atoms with Crippen molar-refractivity contribution in [2.24, 2.45) is 39.9 Å². The molecule has 0 saturated heterocycles. The highest BCUT2D eigenvalue weighted by molar-refractivity contribution is 5.71. The van der Waals surface area contributed by atoms with Gasteiger partial charge in [0.2, 0.25) is 0 Å². The minimum atomic E-state index is -0.568. The summed E-state index contributed by atoms with van der Waals surface area (Å²) in [6.07, 6.45) is 11.3. The molecule has 1 spiro atoms. The van der Waals surface area contributed by atoms with Crippen molar-refractivity contribution in [1.82, 2.24) is 0 Å². The fraction of sp³-hybridized carbons (Fsp3) is 0.900. The predicted molar refractivity (Wildman–Crippen MR) is 87.9 cm³/mol. The van der Waals surface area contributed by atoms with Crippen molar-refractivity contribution >= 4 is 12.3 Å². The number of carboxylic acid groups (broad SMARTS) is 1. The Hall–Kier alpha value is -0.860. The number of hydrogen-bond donors (Lipinski definition) is 1. The standard InChI is InChI=1S/C20H30O3/c1-18(12-21)7-3-8-19(2)15(18)6-9-20-10-13(4-5-16(19)20)14(11-20)17(22)23/h12-16H,3-11H2,1-2H3,(H,22,23)/t13-,14+,15-,16+,18+,19-,20+/m0/s1. The van der Waals surface area contributed by atoms with Crippen LogP contribution >= 0.6 is 0 Å². The van der Waals surface area contributed by atoms with E-state index in [4.69, 9.17) is 0 Å². The number of carbonyl (C=O) groups is 2. The molecule has 3 nitrogen and oxygen atoms in total. The second kappa shape index (κ2) is 4.83. The van der Waals surface area contributed by atoms with E-state index in [-0.39, 0.29) is 22.2 Å². The zero-order valence-corrected chi connectivity index (χ0v) is 14.5. The average Bonchev–Trinajstić information content (AvgIpc) is 2.78. The molecule has 0 unspecified atom stereocenters. The van der Waals surface area contributed by atoms with E-state index in [1.807, 2.05) is 0 Å². The van der Waals surface area contributed by atoms with Gasteiger partial charge in [-0.2, -0.15) is 0 Å². The molecule has 0 heterocycles. The zero-order valence-electron chi connectivity index (χ0n) is 14.5. The molecule has 1 N–H and O–H groups in total. The van der Waals surface area contributed by atoms with Crippen LogP contribution in [0.1, 0.15) is 71.6 Å². The minimum absolute atomic E-state index is 0.110. The van der Waals surface area contributed by atoms with Crippen LogP contribution in [0.15, 0.2) is 0 Å². The van der Waals surface area contributed by atoms with E-state index >= 15 is 0 Å². The number of fused-ring (bicyclic) bond motifs is 3. The maximum absolute atomic E-state index is 11.9. The topological polar surface area (TPSA) is 54.4 Å². The molecular formula is C20H30O3. The fourth-order valence-corrected chi connectivity index (χ4v) is 7.92. The normalized spacial score (nSPS) is 54.9. The van der Waals surface area contributed by atoms with Crippen molar-refractivity contribution < 1.29 is 14.7 Å². The first kappa shape index (κ1) is 15.7. The maximum Gasteiger partial charge on any atom is 0.306 e. The minimum Gasteiger partial charge on any atom is -0.481 e. The number of hydrogen-bond acceptors (Lipinski definition) is 2. The van der Waals surface area contributed by atoms with Crippen LogP contribution in [-0.4, -0.2) is 17.4 Å². The van der Waals surface area contributed by atoms with Crippen LogP contribution < -0.4 is 0 Å². The van der Waals surface area contributed by atoms with Gasteiger partial charge in [0.15, 0.2) is 0 Å². The molecule has 0 radical (unpaired) electrons. The van der Waals surface area contributed by atoms with Crippen molar-refractivity contribution in [2.75, 3.05) is 0 Å². The van der Waals surface area contributed by atoms with Gasteiger partial charge in [-0.3, -0.25) is 4.79 Å². The van der Waals surface area contributed by atoms with Gasteiger partial charge in [0, 0.05) is 5.41 Å². The summed E-state index contributed by atoms with van der Waals surface area (Å²) in [7, 11) is 0. The first-order valence-electron chi connectivity index (χ1n) is 9.54. The largest absolute Gasteiger partial charge is 0.481 e. The molecule has 4 saturated carbocycles. The summed E-state index contributed by atoms with van der Waals surface area (Å²) in [5.74, 6) is 0.860. The van der Waals surface area contributed by atoms with Gasteiger partial charge in [0.05, 0.1) is 5.92 Å². The van der Waals surface area contributed by atoms with Gasteiger partial charge in [0.1, 0.15) is 6.29 Å². The molecule has 23 heavy (non-hydrogen) atoms. The first-order chi connectivity index (χ1) is 10.8. The van der Waals surface area contributed by atoms with Gasteiger partial charge in [-0.1, -0.05) is 20.3 Å². The molecule has 3 heteroatoms. The van der Waals surface area contributed by atoms with Crippen LogP contribution in [0.25, 0.3) is 0 Å². The Morgan fingerprint density at radius 3 is 2.52 bits per heavy atom. The summed E-state index contributed by atoms with van der Waals surface area (Å²) >= 11 is 0. The summed E-state index contributed by atoms with van der Waals surface area (Å²) < 4.78 is 0. The van der Waals surface area contributed by atoms with E-state index in [2.05, 4.69) is 13.8 Å². The first-order valence-corrected chi connectivity index (χ1v) is 9.54. The Morgan fingerprint density at radius 1 is 1.04 bits per heavy atom. The summed E-state index contributed by atoms with van der Waals surface area (Å²) in [4.78, 5) is 23.5. The smallest absolute Gasteiger partial charge is 0.306 e. The molecule has 0 aromatic rings. The predicted octanol–water partition coefficient (Wildman–Crippen LogP) is 4.30. The van der Waals surface area contributed by atoms with Crippen molar-refractivity contribution in [1.29, 1.82) is 0 Å². The third kappa shape index (κ3) is 1.94. The van der Waals surface area contributed by atoms with Gasteiger partial charge in [-0.05, 0) is 80.0 Å². The van der Waals surface area contributed by atoms with Crippen LogP contribution in [-0.2, 0) is 9.59 Å². The van der Waals surface area contributed by atoms with E-state index in [1.54, 1.807) is 0 Å². The quantitative estimate of drug-likeness (QED) is 0.772. The summed E-state index contributed by atoms with van der Waals surface area (Å²) in [6, 6.07) is 0. The lowest BCUT2D eigenvalue weighted by Gasteiger charge is -2.63. The fourth-order valence-electron chi connectivity index (χ4n) is 7.92. The number of carbonyl (C=O) groups excluding carboxylic acids is 1. The lowest BCUT2D eigenvalue weighted by molar-refractivity contribution is -0.157. The summed E-state index contributed by atoms with van der Waals surface area (Å²) in [6.45, 7) is 4.62. The van der Waals surface area contributed by atoms with Crippen LogP contribution in [0.3, 0.4) is 0 Å². The van der Waals surface area contributed by atoms with E-state index < -0.39 is 5.97 Å². The highest BCUT2D eigenvalue weighted by Gasteiger charge is 2.65. The Morgan fingerprint density at radius 2 is 1.83 bits per heavy atom.